The molecule has 3 saturated carbocycles. The van der Waals surface area contributed by atoms with Crippen molar-refractivity contribution in [1.82, 2.24) is 9.88 Å². The maximum atomic E-state index is 13.1. The lowest BCUT2D eigenvalue weighted by Crippen LogP contribution is -2.59. The van der Waals surface area contributed by atoms with Gasteiger partial charge in [0.25, 0.3) is 0 Å². The van der Waals surface area contributed by atoms with Crippen LogP contribution in [0.15, 0.2) is 24.4 Å². The van der Waals surface area contributed by atoms with E-state index in [4.69, 9.17) is 10.5 Å². The molecule has 0 bridgehead atoms. The largest absolute Gasteiger partial charge is 0.465 e. The van der Waals surface area contributed by atoms with E-state index < -0.39 is 5.97 Å². The molecule has 2 heterocycles. The molecule has 194 valence electrons. The number of anilines is 2. The summed E-state index contributed by atoms with van der Waals surface area (Å²) < 4.78 is 4.70. The average Bonchev–Trinajstić information content (AvgIpc) is 3.18. The van der Waals surface area contributed by atoms with Crippen molar-refractivity contribution >= 4 is 29.3 Å². The molecule has 3 fully saturated rings. The molecule has 7 atom stereocenters. The zero-order valence-electron chi connectivity index (χ0n) is 21.8. The van der Waals surface area contributed by atoms with E-state index in [1.54, 1.807) is 6.08 Å². The zero-order valence-corrected chi connectivity index (χ0v) is 21.8. The molecular weight excluding hydrogens is 456 g/mol. The summed E-state index contributed by atoms with van der Waals surface area (Å²) >= 11 is 0. The summed E-state index contributed by atoms with van der Waals surface area (Å²) in [7, 11) is 3.26. The first-order chi connectivity index (χ1) is 17.1. The molecule has 3 aliphatic carbocycles. The van der Waals surface area contributed by atoms with Crippen molar-refractivity contribution in [2.45, 2.75) is 64.8 Å². The Bertz CT molecular complexity index is 1120. The number of carbonyl (C=O) groups is 3. The summed E-state index contributed by atoms with van der Waals surface area (Å²) in [6, 6.07) is 1.76. The van der Waals surface area contributed by atoms with Crippen LogP contribution in [0.1, 0.15) is 69.2 Å². The van der Waals surface area contributed by atoms with E-state index in [1.165, 1.54) is 19.4 Å². The predicted octanol–water partition coefficient (Wildman–Crippen LogP) is 4.03. The van der Waals surface area contributed by atoms with Crippen LogP contribution in [0.4, 0.5) is 11.5 Å². The van der Waals surface area contributed by atoms with Gasteiger partial charge >= 0.3 is 5.97 Å². The highest BCUT2D eigenvalue weighted by Crippen LogP contribution is 2.66. The normalized spacial score (nSPS) is 37.1. The fourth-order valence-electron chi connectivity index (χ4n) is 8.41. The number of pyridine rings is 1. The number of nitrogens with one attached hydrogen (secondary N) is 1. The number of amides is 2. The van der Waals surface area contributed by atoms with Gasteiger partial charge in [0.15, 0.2) is 5.82 Å². The van der Waals surface area contributed by atoms with Crippen molar-refractivity contribution in [2.75, 3.05) is 25.2 Å². The molecule has 8 nitrogen and oxygen atoms in total. The quantitative estimate of drug-likeness (QED) is 0.611. The summed E-state index contributed by atoms with van der Waals surface area (Å²) in [5, 5.41) is 2.87. The average molecular weight is 495 g/mol. The number of esters is 1. The second-order valence-corrected chi connectivity index (χ2v) is 11.8. The van der Waals surface area contributed by atoms with Crippen molar-refractivity contribution in [3.05, 3.63) is 30.0 Å². The van der Waals surface area contributed by atoms with E-state index in [0.29, 0.717) is 30.1 Å². The van der Waals surface area contributed by atoms with E-state index in [2.05, 4.69) is 30.2 Å². The van der Waals surface area contributed by atoms with Crippen molar-refractivity contribution in [1.29, 1.82) is 0 Å². The van der Waals surface area contributed by atoms with E-state index >= 15 is 0 Å². The molecule has 1 aromatic heterocycles. The number of nitrogens with zero attached hydrogens (tertiary/aromatic N) is 2. The summed E-state index contributed by atoms with van der Waals surface area (Å²) in [6.45, 7) is 4.76. The number of hydrogen-bond acceptors (Lipinski definition) is 6. The molecule has 5 rings (SSSR count). The summed E-state index contributed by atoms with van der Waals surface area (Å²) in [6.07, 6.45) is 12.5. The van der Waals surface area contributed by atoms with E-state index in [9.17, 15) is 14.4 Å². The number of fused-ring (bicyclic) bond motifs is 5. The highest BCUT2D eigenvalue weighted by molar-refractivity contribution is 5.95. The lowest BCUT2D eigenvalue weighted by atomic mass is 9.47. The summed E-state index contributed by atoms with van der Waals surface area (Å²) in [5.74, 6) is 1.93. The topological polar surface area (TPSA) is 115 Å². The van der Waals surface area contributed by atoms with Crippen molar-refractivity contribution in [2.24, 2.45) is 34.5 Å². The Morgan fingerprint density at radius 2 is 1.97 bits per heavy atom. The molecule has 1 aromatic rings. The third kappa shape index (κ3) is 3.80. The summed E-state index contributed by atoms with van der Waals surface area (Å²) in [5.41, 5.74) is 6.71. The number of methoxy groups -OCH3 is 1. The number of nitrogen functional groups attached to an aromatic ring is 1. The van der Waals surface area contributed by atoms with Crippen LogP contribution < -0.4 is 11.1 Å². The standard InChI is InChI=1S/C28H38N4O4/c1-27-11-9-20-18(6-8-22-28(20,2)12-10-24(34)32(22)3)19(27)7-5-17(27)14-23(33)31-25-21(29)13-16(15-30-25)26(35)36-4/h10,12-13,15,17-20,22H,5-9,11,14,29H2,1-4H3,(H,30,31,33)/t17-,18?,19?,20?,22?,27-,28-/m1/s1. The number of aromatic nitrogens is 1. The highest BCUT2D eigenvalue weighted by atomic mass is 16.5. The molecule has 0 aromatic carbocycles. The lowest BCUT2D eigenvalue weighted by Gasteiger charge is -2.60. The SMILES string of the molecule is COC(=O)c1cnc(NC(=O)C[C@H]2CCC3C4CCC5N(C)C(=O)C=C[C@]5(C)C4CC[C@@]32C)c(N)c1. The second kappa shape index (κ2) is 8.89. The molecule has 0 radical (unpaired) electrons. The number of nitrogens with two attached hydrogens (primary N) is 1. The number of ether oxygens (including phenoxy) is 1. The third-order valence-electron chi connectivity index (χ3n) is 10.4. The summed E-state index contributed by atoms with van der Waals surface area (Å²) in [4.78, 5) is 43.2. The fourth-order valence-corrected chi connectivity index (χ4v) is 8.41. The van der Waals surface area contributed by atoms with Gasteiger partial charge in [-0.1, -0.05) is 19.9 Å². The van der Waals surface area contributed by atoms with Crippen molar-refractivity contribution in [3.63, 3.8) is 0 Å². The molecule has 1 aliphatic heterocycles. The van der Waals surface area contributed by atoms with E-state index in [-0.39, 0.29) is 45.8 Å². The van der Waals surface area contributed by atoms with Gasteiger partial charge in [0.2, 0.25) is 11.8 Å². The third-order valence-corrected chi connectivity index (χ3v) is 10.4. The molecule has 0 saturated heterocycles. The molecular formula is C28H38N4O4. The Hall–Kier alpha value is -2.90. The molecule has 4 aliphatic rings. The minimum atomic E-state index is -0.516. The van der Waals surface area contributed by atoms with Gasteiger partial charge in [-0.2, -0.15) is 0 Å². The minimum absolute atomic E-state index is 0.0297. The van der Waals surface area contributed by atoms with Gasteiger partial charge in [-0.05, 0) is 79.8 Å². The molecule has 8 heteroatoms. The monoisotopic (exact) mass is 494 g/mol. The maximum Gasteiger partial charge on any atom is 0.339 e. The van der Waals surface area contributed by atoms with Crippen LogP contribution in [0.5, 0.6) is 0 Å². The highest BCUT2D eigenvalue weighted by Gasteiger charge is 2.60. The van der Waals surface area contributed by atoms with Crippen LogP contribution in [0.2, 0.25) is 0 Å². The van der Waals surface area contributed by atoms with Gasteiger partial charge in [0.1, 0.15) is 0 Å². The number of rotatable bonds is 4. The van der Waals surface area contributed by atoms with Crippen LogP contribution in [-0.4, -0.2) is 47.9 Å². The van der Waals surface area contributed by atoms with Crippen LogP contribution in [0.25, 0.3) is 0 Å². The first kappa shape index (κ1) is 24.8. The van der Waals surface area contributed by atoms with Gasteiger partial charge < -0.3 is 20.7 Å². The van der Waals surface area contributed by atoms with Crippen LogP contribution >= 0.6 is 0 Å². The van der Waals surface area contributed by atoms with Gasteiger partial charge in [-0.25, -0.2) is 9.78 Å². The number of likely N-dealkylation sites (N-methyl/N-ethyl adjacent to an activating group) is 1. The van der Waals surface area contributed by atoms with Crippen molar-refractivity contribution < 1.29 is 19.1 Å². The van der Waals surface area contributed by atoms with Crippen LogP contribution in [0, 0.1) is 34.5 Å². The first-order valence-electron chi connectivity index (χ1n) is 13.2. The molecule has 36 heavy (non-hydrogen) atoms. The van der Waals surface area contributed by atoms with Crippen molar-refractivity contribution in [3.8, 4) is 0 Å². The fraction of sp³-hybridized carbons (Fsp3) is 0.643. The van der Waals surface area contributed by atoms with Gasteiger partial charge in [-0.15, -0.1) is 0 Å². The predicted molar refractivity (Wildman–Crippen MR) is 137 cm³/mol. The Labute approximate surface area is 213 Å². The lowest BCUT2D eigenvalue weighted by molar-refractivity contribution is -0.139. The van der Waals surface area contributed by atoms with Gasteiger partial charge in [0.05, 0.1) is 18.4 Å². The molecule has 2 amide bonds. The van der Waals surface area contributed by atoms with Crippen LogP contribution in [0.3, 0.4) is 0 Å². The molecule has 0 spiro atoms. The zero-order chi connectivity index (χ0) is 25.8. The molecule has 4 unspecified atom stereocenters. The van der Waals surface area contributed by atoms with Gasteiger partial charge in [-0.3, -0.25) is 9.59 Å². The Balaban J connectivity index is 1.28. The maximum absolute atomic E-state index is 13.1. The van der Waals surface area contributed by atoms with Crippen LogP contribution in [-0.2, 0) is 14.3 Å². The Morgan fingerprint density at radius 1 is 1.19 bits per heavy atom. The number of carbonyl (C=O) groups excluding carboxylic acids is 3. The Kier molecular flexibility index (Phi) is 6.12. The number of hydrogen-bond donors (Lipinski definition) is 2. The molecule has 3 N–H and O–H groups in total. The Morgan fingerprint density at radius 3 is 2.69 bits per heavy atom. The minimum Gasteiger partial charge on any atom is -0.465 e. The smallest absolute Gasteiger partial charge is 0.339 e. The van der Waals surface area contributed by atoms with Gasteiger partial charge in [0, 0.05) is 31.1 Å². The first-order valence-corrected chi connectivity index (χ1v) is 13.2. The second-order valence-electron chi connectivity index (χ2n) is 11.8. The van der Waals surface area contributed by atoms with E-state index in [0.717, 1.165) is 38.5 Å². The van der Waals surface area contributed by atoms with E-state index in [1.807, 2.05) is 11.9 Å².